The van der Waals surface area contributed by atoms with Crippen LogP contribution in [0.25, 0.3) is 0 Å². The average Bonchev–Trinajstić information content (AvgIpc) is 3.20. The van der Waals surface area contributed by atoms with Gasteiger partial charge in [-0.25, -0.2) is 4.98 Å². The molecule has 0 aliphatic heterocycles. The summed E-state index contributed by atoms with van der Waals surface area (Å²) in [5.41, 5.74) is 4.89. The summed E-state index contributed by atoms with van der Waals surface area (Å²) in [6.07, 6.45) is 1.84. The molecule has 0 fully saturated rings. The number of hydrogen-bond donors (Lipinski definition) is 1. The lowest BCUT2D eigenvalue weighted by Gasteiger charge is -2.21. The lowest BCUT2D eigenvalue weighted by atomic mass is 10.0. The van der Waals surface area contributed by atoms with Gasteiger partial charge in [0, 0.05) is 32.4 Å². The monoisotopic (exact) mass is 380 g/mol. The molecule has 0 amide bonds. The number of hydrogen-bond acceptors (Lipinski definition) is 5. The number of aryl methyl sites for hydroxylation is 2. The van der Waals surface area contributed by atoms with Gasteiger partial charge in [0.05, 0.1) is 20.4 Å². The first-order chi connectivity index (χ1) is 13.4. The Labute approximate surface area is 166 Å². The van der Waals surface area contributed by atoms with E-state index in [1.54, 1.807) is 14.2 Å². The zero-order valence-electron chi connectivity index (χ0n) is 17.4. The number of benzene rings is 2. The molecule has 0 aliphatic rings. The summed E-state index contributed by atoms with van der Waals surface area (Å²) < 4.78 is 10.7. The molecule has 0 unspecified atom stereocenters. The quantitative estimate of drug-likeness (QED) is 0.656. The third-order valence-electron chi connectivity index (χ3n) is 5.07. The SMILES string of the molecule is COc1ccc(N(C)c2cnc(N(C)Cc3c(C)cccc3C)[nH]2)cc1OC. The fraction of sp³-hybridized carbons (Fsp3) is 0.318. The van der Waals surface area contributed by atoms with E-state index in [-0.39, 0.29) is 0 Å². The standard InChI is InChI=1S/C22H28N4O2/c1-15-8-7-9-16(2)18(15)14-25(3)22-23-13-21(24-22)26(4)17-10-11-19(27-5)20(12-17)28-6/h7-13H,14H2,1-6H3,(H,23,24). The highest BCUT2D eigenvalue weighted by Crippen LogP contribution is 2.33. The average molecular weight is 380 g/mol. The van der Waals surface area contributed by atoms with E-state index in [9.17, 15) is 0 Å². The van der Waals surface area contributed by atoms with Gasteiger partial charge in [0.15, 0.2) is 11.5 Å². The Kier molecular flexibility index (Phi) is 5.78. The molecule has 0 aliphatic carbocycles. The summed E-state index contributed by atoms with van der Waals surface area (Å²) in [5, 5.41) is 0. The highest BCUT2D eigenvalue weighted by Gasteiger charge is 2.14. The Hall–Kier alpha value is -3.15. The number of aromatic amines is 1. The van der Waals surface area contributed by atoms with E-state index in [4.69, 9.17) is 9.47 Å². The first-order valence-electron chi connectivity index (χ1n) is 9.21. The van der Waals surface area contributed by atoms with Crippen LogP contribution in [0.15, 0.2) is 42.6 Å². The van der Waals surface area contributed by atoms with Gasteiger partial charge in [0.1, 0.15) is 5.82 Å². The minimum Gasteiger partial charge on any atom is -0.493 e. The molecular formula is C22H28N4O2. The molecule has 1 heterocycles. The third kappa shape index (κ3) is 3.91. The summed E-state index contributed by atoms with van der Waals surface area (Å²) in [7, 11) is 7.31. The van der Waals surface area contributed by atoms with Crippen LogP contribution < -0.4 is 19.3 Å². The van der Waals surface area contributed by atoms with Crippen molar-refractivity contribution >= 4 is 17.5 Å². The van der Waals surface area contributed by atoms with Crippen molar-refractivity contribution in [3.63, 3.8) is 0 Å². The predicted molar refractivity (Wildman–Crippen MR) is 114 cm³/mol. The van der Waals surface area contributed by atoms with Crippen LogP contribution in [0.1, 0.15) is 16.7 Å². The first-order valence-corrected chi connectivity index (χ1v) is 9.21. The summed E-state index contributed by atoms with van der Waals surface area (Å²) in [5.74, 6) is 3.12. The van der Waals surface area contributed by atoms with E-state index in [1.165, 1.54) is 16.7 Å². The second-order valence-electron chi connectivity index (χ2n) is 6.92. The van der Waals surface area contributed by atoms with Gasteiger partial charge in [0.2, 0.25) is 5.95 Å². The van der Waals surface area contributed by atoms with Gasteiger partial charge in [-0.2, -0.15) is 0 Å². The van der Waals surface area contributed by atoms with Gasteiger partial charge in [-0.1, -0.05) is 18.2 Å². The molecule has 0 atom stereocenters. The minimum atomic E-state index is 0.693. The molecule has 3 aromatic rings. The zero-order valence-corrected chi connectivity index (χ0v) is 17.4. The Morgan fingerprint density at radius 1 is 0.964 bits per heavy atom. The number of ether oxygens (including phenoxy) is 2. The van der Waals surface area contributed by atoms with Crippen LogP contribution in [-0.2, 0) is 6.54 Å². The summed E-state index contributed by atoms with van der Waals surface area (Å²) in [6.45, 7) is 5.09. The molecule has 6 heteroatoms. The van der Waals surface area contributed by atoms with Gasteiger partial charge >= 0.3 is 0 Å². The van der Waals surface area contributed by atoms with Gasteiger partial charge < -0.3 is 24.3 Å². The van der Waals surface area contributed by atoms with Crippen molar-refractivity contribution in [3.05, 3.63) is 59.3 Å². The summed E-state index contributed by atoms with van der Waals surface area (Å²) in [4.78, 5) is 12.1. The molecule has 1 N–H and O–H groups in total. The van der Waals surface area contributed by atoms with E-state index in [0.717, 1.165) is 24.0 Å². The van der Waals surface area contributed by atoms with Crippen molar-refractivity contribution < 1.29 is 9.47 Å². The normalized spacial score (nSPS) is 10.6. The van der Waals surface area contributed by atoms with Gasteiger partial charge in [0.25, 0.3) is 0 Å². The second kappa shape index (κ2) is 8.25. The summed E-state index contributed by atoms with van der Waals surface area (Å²) >= 11 is 0. The van der Waals surface area contributed by atoms with Crippen LogP contribution in [0.4, 0.5) is 17.5 Å². The smallest absolute Gasteiger partial charge is 0.204 e. The Morgan fingerprint density at radius 2 is 1.64 bits per heavy atom. The fourth-order valence-electron chi connectivity index (χ4n) is 3.25. The highest BCUT2D eigenvalue weighted by molar-refractivity contribution is 5.64. The number of anilines is 3. The number of rotatable bonds is 7. The molecule has 0 spiro atoms. The van der Waals surface area contributed by atoms with E-state index >= 15 is 0 Å². The Morgan fingerprint density at radius 3 is 2.29 bits per heavy atom. The third-order valence-corrected chi connectivity index (χ3v) is 5.07. The number of nitrogens with zero attached hydrogens (tertiary/aromatic N) is 3. The molecular weight excluding hydrogens is 352 g/mol. The van der Waals surface area contributed by atoms with Crippen molar-refractivity contribution in [2.45, 2.75) is 20.4 Å². The number of nitrogens with one attached hydrogen (secondary N) is 1. The van der Waals surface area contributed by atoms with Crippen LogP contribution in [0.3, 0.4) is 0 Å². The minimum absolute atomic E-state index is 0.693. The largest absolute Gasteiger partial charge is 0.493 e. The van der Waals surface area contributed by atoms with Gasteiger partial charge in [-0.05, 0) is 42.7 Å². The first kappa shape index (κ1) is 19.6. The van der Waals surface area contributed by atoms with Crippen LogP contribution >= 0.6 is 0 Å². The van der Waals surface area contributed by atoms with Crippen LogP contribution in [-0.4, -0.2) is 38.3 Å². The maximum atomic E-state index is 5.41. The van der Waals surface area contributed by atoms with E-state index in [0.29, 0.717) is 11.5 Å². The van der Waals surface area contributed by atoms with Gasteiger partial charge in [-0.3, -0.25) is 0 Å². The summed E-state index contributed by atoms with van der Waals surface area (Å²) in [6, 6.07) is 12.2. The van der Waals surface area contributed by atoms with Crippen molar-refractivity contribution in [1.82, 2.24) is 9.97 Å². The second-order valence-corrected chi connectivity index (χ2v) is 6.92. The molecule has 0 saturated heterocycles. The number of H-pyrrole nitrogens is 1. The highest BCUT2D eigenvalue weighted by atomic mass is 16.5. The van der Waals surface area contributed by atoms with E-state index < -0.39 is 0 Å². The zero-order chi connectivity index (χ0) is 20.3. The topological polar surface area (TPSA) is 53.6 Å². The molecule has 2 aromatic carbocycles. The molecule has 3 rings (SSSR count). The number of methoxy groups -OCH3 is 2. The molecule has 0 saturated carbocycles. The van der Waals surface area contributed by atoms with Crippen molar-refractivity contribution in [2.75, 3.05) is 38.1 Å². The number of imidazole rings is 1. The molecule has 6 nitrogen and oxygen atoms in total. The molecule has 0 radical (unpaired) electrons. The Balaban J connectivity index is 1.79. The van der Waals surface area contributed by atoms with Crippen LogP contribution in [0.2, 0.25) is 0 Å². The van der Waals surface area contributed by atoms with Crippen LogP contribution in [0.5, 0.6) is 11.5 Å². The van der Waals surface area contributed by atoms with Gasteiger partial charge in [-0.15, -0.1) is 0 Å². The van der Waals surface area contributed by atoms with Crippen molar-refractivity contribution in [1.29, 1.82) is 0 Å². The molecule has 1 aromatic heterocycles. The predicted octanol–water partition coefficient (Wildman–Crippen LogP) is 4.45. The molecule has 28 heavy (non-hydrogen) atoms. The molecule has 148 valence electrons. The van der Waals surface area contributed by atoms with Crippen LogP contribution in [0, 0.1) is 13.8 Å². The lowest BCUT2D eigenvalue weighted by molar-refractivity contribution is 0.355. The Bertz CT molecular complexity index is 931. The number of aromatic nitrogens is 2. The maximum absolute atomic E-state index is 5.41. The lowest BCUT2D eigenvalue weighted by Crippen LogP contribution is -2.19. The van der Waals surface area contributed by atoms with E-state index in [1.807, 2.05) is 43.4 Å². The van der Waals surface area contributed by atoms with E-state index in [2.05, 4.69) is 46.9 Å². The maximum Gasteiger partial charge on any atom is 0.204 e. The molecule has 0 bridgehead atoms. The fourth-order valence-corrected chi connectivity index (χ4v) is 3.25. The van der Waals surface area contributed by atoms with Crippen molar-refractivity contribution in [2.24, 2.45) is 0 Å². The van der Waals surface area contributed by atoms with Crippen molar-refractivity contribution in [3.8, 4) is 11.5 Å².